The molecule has 8 nitrogen and oxygen atoms in total. The number of carbonyl (C=O) groups excluding carboxylic acids is 2. The quantitative estimate of drug-likeness (QED) is 0.429. The number of rotatable bonds is 8. The Kier molecular flexibility index (Phi) is 7.14. The van der Waals surface area contributed by atoms with Gasteiger partial charge >= 0.3 is 0 Å². The summed E-state index contributed by atoms with van der Waals surface area (Å²) in [6.45, 7) is 3.87. The van der Waals surface area contributed by atoms with Crippen molar-refractivity contribution in [2.75, 3.05) is 5.73 Å². The summed E-state index contributed by atoms with van der Waals surface area (Å²) in [6.07, 6.45) is 8.15. The van der Waals surface area contributed by atoms with Gasteiger partial charge in [-0.3, -0.25) is 14.7 Å². The molecule has 1 saturated carbocycles. The van der Waals surface area contributed by atoms with Crippen molar-refractivity contribution in [3.8, 4) is 11.3 Å². The van der Waals surface area contributed by atoms with Gasteiger partial charge in [-0.25, -0.2) is 4.68 Å². The Morgan fingerprint density at radius 3 is 2.38 bits per heavy atom. The number of ketones is 1. The molecule has 0 bridgehead atoms. The second-order valence-electron chi connectivity index (χ2n) is 9.61. The lowest BCUT2D eigenvalue weighted by molar-refractivity contribution is -0.117. The number of nitrogens with one attached hydrogen (secondary N) is 1. The van der Waals surface area contributed by atoms with Crippen LogP contribution in [0.4, 0.5) is 5.82 Å². The molecule has 0 unspecified atom stereocenters. The summed E-state index contributed by atoms with van der Waals surface area (Å²) in [4.78, 5) is 24.7. The molecule has 4 rings (SSSR count). The number of anilines is 1. The van der Waals surface area contributed by atoms with E-state index in [0.717, 1.165) is 22.5 Å². The number of benzene rings is 1. The van der Waals surface area contributed by atoms with Gasteiger partial charge in [-0.05, 0) is 38.3 Å². The van der Waals surface area contributed by atoms with Gasteiger partial charge in [0, 0.05) is 36.1 Å². The average Bonchev–Trinajstić information content (AvgIpc) is 3.28. The number of aromatic amines is 1. The average molecular weight is 463 g/mol. The van der Waals surface area contributed by atoms with Crippen LogP contribution < -0.4 is 11.5 Å². The fraction of sp³-hybridized carbons (Fsp3) is 0.462. The lowest BCUT2D eigenvalue weighted by Gasteiger charge is -2.09. The predicted molar refractivity (Wildman–Crippen MR) is 132 cm³/mol. The van der Waals surface area contributed by atoms with Crippen LogP contribution in [-0.4, -0.2) is 31.7 Å². The van der Waals surface area contributed by atoms with Gasteiger partial charge in [0.1, 0.15) is 22.9 Å². The van der Waals surface area contributed by atoms with Gasteiger partial charge in [0.05, 0.1) is 5.69 Å². The number of nitrogens with two attached hydrogens (primary N) is 2. The van der Waals surface area contributed by atoms with Crippen molar-refractivity contribution < 1.29 is 9.59 Å². The van der Waals surface area contributed by atoms with Crippen molar-refractivity contribution in [1.29, 1.82) is 0 Å². The number of H-pyrrole nitrogens is 1. The minimum absolute atomic E-state index is 0.00528. The number of hydrogen-bond acceptors (Lipinski definition) is 5. The summed E-state index contributed by atoms with van der Waals surface area (Å²) in [5, 5.41) is 12.1. The van der Waals surface area contributed by atoms with Gasteiger partial charge in [0.15, 0.2) is 0 Å². The molecule has 1 amide bonds. The molecule has 1 aliphatic carbocycles. The molecule has 0 radical (unpaired) electrons. The zero-order chi connectivity index (χ0) is 24.2. The molecule has 8 heteroatoms. The SMILES string of the molecule is CC(C)n1nc(-c2ccc(CC(=O)Cc3cc(C4CCCCCC4)n[nH]3)cc2)c(C(N)=O)c1N. The van der Waals surface area contributed by atoms with E-state index in [0.29, 0.717) is 24.5 Å². The Morgan fingerprint density at radius 1 is 1.09 bits per heavy atom. The molecule has 0 saturated heterocycles. The highest BCUT2D eigenvalue weighted by molar-refractivity contribution is 6.03. The second-order valence-corrected chi connectivity index (χ2v) is 9.61. The number of hydrogen-bond donors (Lipinski definition) is 3. The van der Waals surface area contributed by atoms with Crippen LogP contribution in [0.3, 0.4) is 0 Å². The van der Waals surface area contributed by atoms with Crippen LogP contribution in [-0.2, 0) is 17.6 Å². The van der Waals surface area contributed by atoms with Crippen molar-refractivity contribution in [3.63, 3.8) is 0 Å². The number of aromatic nitrogens is 4. The monoisotopic (exact) mass is 462 g/mol. The van der Waals surface area contributed by atoms with E-state index < -0.39 is 5.91 Å². The zero-order valence-electron chi connectivity index (χ0n) is 20.0. The number of nitrogen functional groups attached to an aromatic ring is 1. The lowest BCUT2D eigenvalue weighted by atomic mass is 9.96. The first-order chi connectivity index (χ1) is 16.3. The fourth-order valence-corrected chi connectivity index (χ4v) is 4.82. The van der Waals surface area contributed by atoms with E-state index in [1.807, 2.05) is 38.1 Å². The molecule has 180 valence electrons. The molecule has 2 heterocycles. The molecular weight excluding hydrogens is 428 g/mol. The second kappa shape index (κ2) is 10.2. The largest absolute Gasteiger partial charge is 0.383 e. The first-order valence-corrected chi connectivity index (χ1v) is 12.2. The third kappa shape index (κ3) is 5.21. The normalized spacial score (nSPS) is 14.9. The summed E-state index contributed by atoms with van der Waals surface area (Å²) >= 11 is 0. The molecule has 34 heavy (non-hydrogen) atoms. The van der Waals surface area contributed by atoms with E-state index in [1.165, 1.54) is 38.5 Å². The third-order valence-electron chi connectivity index (χ3n) is 6.62. The minimum atomic E-state index is -0.610. The van der Waals surface area contributed by atoms with Gasteiger partial charge in [0.25, 0.3) is 5.91 Å². The Morgan fingerprint density at radius 2 is 1.76 bits per heavy atom. The molecular formula is C26H34N6O2. The molecule has 0 spiro atoms. The molecule has 0 atom stereocenters. The summed E-state index contributed by atoms with van der Waals surface area (Å²) in [6, 6.07) is 9.52. The van der Waals surface area contributed by atoms with Gasteiger partial charge in [0.2, 0.25) is 0 Å². The predicted octanol–water partition coefficient (Wildman–Crippen LogP) is 4.33. The van der Waals surface area contributed by atoms with Crippen LogP contribution in [0, 0.1) is 0 Å². The van der Waals surface area contributed by atoms with Crippen molar-refractivity contribution in [3.05, 3.63) is 52.8 Å². The van der Waals surface area contributed by atoms with Gasteiger partial charge in [-0.15, -0.1) is 0 Å². The van der Waals surface area contributed by atoms with Crippen molar-refractivity contribution >= 4 is 17.5 Å². The van der Waals surface area contributed by atoms with Crippen LogP contribution in [0.25, 0.3) is 11.3 Å². The highest BCUT2D eigenvalue weighted by atomic mass is 16.1. The number of carbonyl (C=O) groups is 2. The van der Waals surface area contributed by atoms with E-state index >= 15 is 0 Å². The first-order valence-electron chi connectivity index (χ1n) is 12.2. The van der Waals surface area contributed by atoms with Crippen molar-refractivity contribution in [1.82, 2.24) is 20.0 Å². The Bertz CT molecular complexity index is 1150. The molecule has 1 aliphatic rings. The molecule has 5 N–H and O–H groups in total. The first kappa shape index (κ1) is 23.7. The Labute approximate surface area is 200 Å². The maximum absolute atomic E-state index is 12.7. The van der Waals surface area contributed by atoms with E-state index in [-0.39, 0.29) is 23.2 Å². The molecule has 3 aromatic rings. The minimum Gasteiger partial charge on any atom is -0.383 e. The number of amides is 1. The van der Waals surface area contributed by atoms with Crippen LogP contribution >= 0.6 is 0 Å². The zero-order valence-corrected chi connectivity index (χ0v) is 20.0. The summed E-state index contributed by atoms with van der Waals surface area (Å²) in [7, 11) is 0. The Hall–Kier alpha value is -3.42. The maximum Gasteiger partial charge on any atom is 0.254 e. The molecule has 1 fully saturated rings. The van der Waals surface area contributed by atoms with Gasteiger partial charge in [-0.2, -0.15) is 10.2 Å². The topological polar surface area (TPSA) is 133 Å². The lowest BCUT2D eigenvalue weighted by Crippen LogP contribution is -2.15. The maximum atomic E-state index is 12.7. The van der Waals surface area contributed by atoms with E-state index in [1.54, 1.807) is 4.68 Å². The van der Waals surface area contributed by atoms with Crippen LogP contribution in [0.5, 0.6) is 0 Å². The number of Topliss-reactive ketones (excluding diaryl/α,β-unsaturated/α-hetero) is 1. The van der Waals surface area contributed by atoms with Gasteiger partial charge in [-0.1, -0.05) is 49.9 Å². The van der Waals surface area contributed by atoms with Gasteiger partial charge < -0.3 is 11.5 Å². The van der Waals surface area contributed by atoms with Crippen LogP contribution in [0.2, 0.25) is 0 Å². The molecule has 2 aromatic heterocycles. The number of nitrogens with zero attached hydrogens (tertiary/aromatic N) is 3. The van der Waals surface area contributed by atoms with Crippen LogP contribution in [0.15, 0.2) is 30.3 Å². The highest BCUT2D eigenvalue weighted by Gasteiger charge is 2.23. The van der Waals surface area contributed by atoms with Crippen LogP contribution in [0.1, 0.15) is 91.6 Å². The Balaban J connectivity index is 1.42. The summed E-state index contributed by atoms with van der Waals surface area (Å²) in [5.41, 5.74) is 16.0. The van der Waals surface area contributed by atoms with Crippen molar-refractivity contribution in [2.24, 2.45) is 5.73 Å². The highest BCUT2D eigenvalue weighted by Crippen LogP contribution is 2.31. The molecule has 0 aliphatic heterocycles. The summed E-state index contributed by atoms with van der Waals surface area (Å²) in [5.74, 6) is 0.282. The molecule has 1 aromatic carbocycles. The standard InChI is InChI=1S/C26H34N6O2/c1-16(2)32-25(27)23(26(28)34)24(31-32)19-11-9-17(10-12-19)13-21(33)14-20-15-22(30-29-20)18-7-5-3-4-6-8-18/h9-12,15-16,18H,3-8,13-14,27H2,1-2H3,(H2,28,34)(H,29,30). The third-order valence-corrected chi connectivity index (χ3v) is 6.62. The fourth-order valence-electron chi connectivity index (χ4n) is 4.82. The van der Waals surface area contributed by atoms with Crippen molar-refractivity contribution in [2.45, 2.75) is 77.2 Å². The number of primary amides is 1. The van der Waals surface area contributed by atoms with E-state index in [2.05, 4.69) is 21.4 Å². The van der Waals surface area contributed by atoms with E-state index in [9.17, 15) is 9.59 Å². The summed E-state index contributed by atoms with van der Waals surface area (Å²) < 4.78 is 1.60. The smallest absolute Gasteiger partial charge is 0.254 e. The van der Waals surface area contributed by atoms with E-state index in [4.69, 9.17) is 11.5 Å².